The molecule has 1 unspecified atom stereocenters. The van der Waals surface area contributed by atoms with Gasteiger partial charge < -0.3 is 9.80 Å². The zero-order valence-corrected chi connectivity index (χ0v) is 23.6. The standard InChI is InChI=1S/C33H36N2O2S/c1-5-18-34(32(37)26-11-10-23-8-6-7-9-25(23)21-26)22-30(36)35-19-16-29-28(17-20-38-29)31(35)24-12-14-27(15-13-24)33(2,3)4/h6-15,17,20-21,31H,5,16,18-19,22H2,1-4H3. The molecule has 0 N–H and O–H groups in total. The lowest BCUT2D eigenvalue weighted by atomic mass is 9.85. The summed E-state index contributed by atoms with van der Waals surface area (Å²) >= 11 is 1.77. The first-order valence-corrected chi connectivity index (χ1v) is 14.4. The van der Waals surface area contributed by atoms with Crippen molar-refractivity contribution in [2.45, 2.75) is 52.0 Å². The number of benzene rings is 3. The molecule has 1 aliphatic rings. The van der Waals surface area contributed by atoms with Crippen LogP contribution in [-0.2, 0) is 16.6 Å². The first kappa shape index (κ1) is 26.2. The van der Waals surface area contributed by atoms with Gasteiger partial charge in [0.05, 0.1) is 6.04 Å². The molecule has 0 bridgehead atoms. The third-order valence-corrected chi connectivity index (χ3v) is 8.48. The van der Waals surface area contributed by atoms with Crippen LogP contribution in [0, 0.1) is 0 Å². The smallest absolute Gasteiger partial charge is 0.254 e. The average Bonchev–Trinajstić information content (AvgIpc) is 3.40. The Hall–Kier alpha value is -3.44. The summed E-state index contributed by atoms with van der Waals surface area (Å²) in [6.45, 7) is 9.96. The molecule has 0 saturated carbocycles. The van der Waals surface area contributed by atoms with Crippen molar-refractivity contribution in [2.24, 2.45) is 0 Å². The molecule has 0 fully saturated rings. The van der Waals surface area contributed by atoms with Crippen molar-refractivity contribution >= 4 is 33.9 Å². The molecule has 0 aliphatic carbocycles. The van der Waals surface area contributed by atoms with E-state index in [1.54, 1.807) is 16.2 Å². The fraction of sp³-hybridized carbons (Fsp3) is 0.333. The number of fused-ring (bicyclic) bond motifs is 2. The van der Waals surface area contributed by atoms with Crippen LogP contribution in [0.4, 0.5) is 0 Å². The largest absolute Gasteiger partial charge is 0.330 e. The summed E-state index contributed by atoms with van der Waals surface area (Å²) in [6, 6.07) is 24.6. The van der Waals surface area contributed by atoms with Gasteiger partial charge in [0.2, 0.25) is 5.91 Å². The topological polar surface area (TPSA) is 40.6 Å². The van der Waals surface area contributed by atoms with Crippen molar-refractivity contribution in [3.8, 4) is 0 Å². The van der Waals surface area contributed by atoms with E-state index >= 15 is 0 Å². The number of carbonyl (C=O) groups is 2. The van der Waals surface area contributed by atoms with Crippen molar-refractivity contribution in [1.29, 1.82) is 0 Å². The highest BCUT2D eigenvalue weighted by Crippen LogP contribution is 2.38. The molecule has 0 spiro atoms. The van der Waals surface area contributed by atoms with Gasteiger partial charge in [-0.3, -0.25) is 9.59 Å². The van der Waals surface area contributed by atoms with Gasteiger partial charge in [0.15, 0.2) is 0 Å². The Morgan fingerprint density at radius 1 is 0.974 bits per heavy atom. The van der Waals surface area contributed by atoms with Gasteiger partial charge >= 0.3 is 0 Å². The molecular weight excluding hydrogens is 488 g/mol. The van der Waals surface area contributed by atoms with Gasteiger partial charge in [-0.05, 0) is 69.3 Å². The summed E-state index contributed by atoms with van der Waals surface area (Å²) in [6.07, 6.45) is 1.64. The Morgan fingerprint density at radius 2 is 1.71 bits per heavy atom. The number of hydrogen-bond donors (Lipinski definition) is 0. The first-order valence-electron chi connectivity index (χ1n) is 13.5. The molecule has 38 heavy (non-hydrogen) atoms. The van der Waals surface area contributed by atoms with E-state index in [4.69, 9.17) is 0 Å². The normalized spacial score (nSPS) is 15.4. The third kappa shape index (κ3) is 5.25. The Morgan fingerprint density at radius 3 is 2.42 bits per heavy atom. The molecule has 1 aromatic heterocycles. The van der Waals surface area contributed by atoms with Gasteiger partial charge in [0.25, 0.3) is 5.91 Å². The minimum Gasteiger partial charge on any atom is -0.330 e. The lowest BCUT2D eigenvalue weighted by Gasteiger charge is -2.38. The third-order valence-electron chi connectivity index (χ3n) is 7.48. The number of hydrogen-bond acceptors (Lipinski definition) is 3. The molecule has 4 nitrogen and oxygen atoms in total. The van der Waals surface area contributed by atoms with Crippen molar-refractivity contribution in [3.05, 3.63) is 105 Å². The van der Waals surface area contributed by atoms with E-state index in [2.05, 4.69) is 56.5 Å². The fourth-order valence-corrected chi connectivity index (χ4v) is 6.30. The van der Waals surface area contributed by atoms with Crippen LogP contribution >= 0.6 is 11.3 Å². The van der Waals surface area contributed by atoms with E-state index in [-0.39, 0.29) is 29.8 Å². The number of rotatable bonds is 6. The predicted octanol–water partition coefficient (Wildman–Crippen LogP) is 7.23. The van der Waals surface area contributed by atoms with Gasteiger partial charge in [-0.15, -0.1) is 11.3 Å². The number of nitrogens with zero attached hydrogens (tertiary/aromatic N) is 2. The highest BCUT2D eigenvalue weighted by molar-refractivity contribution is 7.10. The summed E-state index contributed by atoms with van der Waals surface area (Å²) in [5.41, 5.74) is 4.29. The van der Waals surface area contributed by atoms with Crippen LogP contribution < -0.4 is 0 Å². The molecule has 3 aromatic carbocycles. The SMILES string of the molecule is CCCN(CC(=O)N1CCc2sccc2C1c1ccc(C(C)(C)C)cc1)C(=O)c1ccc2ccccc2c1. The van der Waals surface area contributed by atoms with E-state index in [0.29, 0.717) is 18.7 Å². The molecule has 0 saturated heterocycles. The highest BCUT2D eigenvalue weighted by atomic mass is 32.1. The maximum atomic E-state index is 13.9. The summed E-state index contributed by atoms with van der Waals surface area (Å²) < 4.78 is 0. The van der Waals surface area contributed by atoms with E-state index < -0.39 is 0 Å². The van der Waals surface area contributed by atoms with Gasteiger partial charge in [-0.1, -0.05) is 82.3 Å². The summed E-state index contributed by atoms with van der Waals surface area (Å²) in [5.74, 6) is -0.0976. The predicted molar refractivity (Wildman–Crippen MR) is 157 cm³/mol. The van der Waals surface area contributed by atoms with E-state index in [9.17, 15) is 9.59 Å². The maximum Gasteiger partial charge on any atom is 0.254 e. The quantitative estimate of drug-likeness (QED) is 0.267. The number of thiophene rings is 1. The van der Waals surface area contributed by atoms with Crippen LogP contribution in [0.1, 0.15) is 72.1 Å². The molecule has 5 heteroatoms. The number of carbonyl (C=O) groups excluding carboxylic acids is 2. The minimum atomic E-state index is -0.134. The summed E-state index contributed by atoms with van der Waals surface area (Å²) in [5, 5.41) is 4.25. The van der Waals surface area contributed by atoms with E-state index in [1.165, 1.54) is 16.0 Å². The van der Waals surface area contributed by atoms with Crippen LogP contribution in [0.3, 0.4) is 0 Å². The molecule has 2 amide bonds. The Kier molecular flexibility index (Phi) is 7.40. The molecule has 1 atom stereocenters. The van der Waals surface area contributed by atoms with Gasteiger partial charge in [0, 0.05) is 23.5 Å². The van der Waals surface area contributed by atoms with Crippen LogP contribution in [0.2, 0.25) is 0 Å². The molecule has 5 rings (SSSR count). The van der Waals surface area contributed by atoms with Gasteiger partial charge in [0.1, 0.15) is 6.54 Å². The zero-order valence-electron chi connectivity index (χ0n) is 22.7. The fourth-order valence-electron chi connectivity index (χ4n) is 5.39. The summed E-state index contributed by atoms with van der Waals surface area (Å²) in [7, 11) is 0. The molecule has 1 aliphatic heterocycles. The van der Waals surface area contributed by atoms with Crippen LogP contribution in [0.15, 0.2) is 78.2 Å². The van der Waals surface area contributed by atoms with Crippen molar-refractivity contribution in [1.82, 2.24) is 9.80 Å². The van der Waals surface area contributed by atoms with Crippen LogP contribution in [-0.4, -0.2) is 41.2 Å². The maximum absolute atomic E-state index is 13.9. The monoisotopic (exact) mass is 524 g/mol. The molecule has 4 aromatic rings. The highest BCUT2D eigenvalue weighted by Gasteiger charge is 2.34. The average molecular weight is 525 g/mol. The lowest BCUT2D eigenvalue weighted by Crippen LogP contribution is -2.47. The minimum absolute atomic E-state index is 0.00524. The first-order chi connectivity index (χ1) is 18.3. The van der Waals surface area contributed by atoms with Gasteiger partial charge in [-0.2, -0.15) is 0 Å². The Balaban J connectivity index is 1.42. The van der Waals surface area contributed by atoms with Gasteiger partial charge in [-0.25, -0.2) is 0 Å². The number of amides is 2. The Labute approximate surface area is 229 Å². The van der Waals surface area contributed by atoms with E-state index in [0.717, 1.165) is 29.2 Å². The Bertz CT molecular complexity index is 1450. The lowest BCUT2D eigenvalue weighted by molar-refractivity contribution is -0.134. The van der Waals surface area contributed by atoms with E-state index in [1.807, 2.05) is 54.3 Å². The van der Waals surface area contributed by atoms with Crippen molar-refractivity contribution in [3.63, 3.8) is 0 Å². The van der Waals surface area contributed by atoms with Crippen molar-refractivity contribution < 1.29 is 9.59 Å². The second kappa shape index (κ2) is 10.7. The van der Waals surface area contributed by atoms with Crippen LogP contribution in [0.5, 0.6) is 0 Å². The second-order valence-electron chi connectivity index (χ2n) is 11.2. The zero-order chi connectivity index (χ0) is 26.9. The molecule has 0 radical (unpaired) electrons. The second-order valence-corrected chi connectivity index (χ2v) is 12.2. The molecular formula is C33H36N2O2S. The molecule has 196 valence electrons. The molecule has 2 heterocycles. The van der Waals surface area contributed by atoms with Crippen LogP contribution in [0.25, 0.3) is 10.8 Å². The van der Waals surface area contributed by atoms with Crippen molar-refractivity contribution in [2.75, 3.05) is 19.6 Å². The summed E-state index contributed by atoms with van der Waals surface area (Å²) in [4.78, 5) is 32.5.